The van der Waals surface area contributed by atoms with Crippen LogP contribution in [0.5, 0.6) is 0 Å². The molecule has 1 aliphatic heterocycles. The van der Waals surface area contributed by atoms with E-state index >= 15 is 0 Å². The molecule has 1 fully saturated rings. The first-order valence-electron chi connectivity index (χ1n) is 8.91. The lowest BCUT2D eigenvalue weighted by molar-refractivity contribution is 0.102. The van der Waals surface area contributed by atoms with E-state index < -0.39 is 0 Å². The fraction of sp³-hybridized carbons (Fsp3) is 0.474. The Labute approximate surface area is 148 Å². The standard InChI is InChI=1S/C19H25N5O/c1-13(2)15-12-16(18(25)23-17-11-14(3)7-8-20-17)22-19(21-15)24-9-5-4-6-10-24/h7-8,11-13H,4-6,9-10H2,1-3H3,(H,20,23,25). The van der Waals surface area contributed by atoms with Gasteiger partial charge >= 0.3 is 0 Å². The average Bonchev–Trinajstić information content (AvgIpc) is 2.62. The van der Waals surface area contributed by atoms with Gasteiger partial charge in [-0.3, -0.25) is 4.79 Å². The molecule has 1 amide bonds. The fourth-order valence-electron chi connectivity index (χ4n) is 2.89. The topological polar surface area (TPSA) is 71.0 Å². The van der Waals surface area contributed by atoms with Gasteiger partial charge in [0.2, 0.25) is 5.95 Å². The molecule has 0 spiro atoms. The Morgan fingerprint density at radius 1 is 1.16 bits per heavy atom. The molecule has 0 bridgehead atoms. The average molecular weight is 339 g/mol. The largest absolute Gasteiger partial charge is 0.341 e. The van der Waals surface area contributed by atoms with Crippen LogP contribution in [0.15, 0.2) is 24.4 Å². The molecule has 0 atom stereocenters. The molecule has 0 saturated carbocycles. The molecule has 132 valence electrons. The van der Waals surface area contributed by atoms with Gasteiger partial charge in [0.15, 0.2) is 0 Å². The van der Waals surface area contributed by atoms with Gasteiger partial charge in [0.05, 0.1) is 0 Å². The Bertz CT molecular complexity index is 753. The zero-order chi connectivity index (χ0) is 17.8. The van der Waals surface area contributed by atoms with Crippen LogP contribution in [0, 0.1) is 6.92 Å². The second kappa shape index (κ2) is 7.59. The molecule has 0 unspecified atom stereocenters. The summed E-state index contributed by atoms with van der Waals surface area (Å²) in [6.45, 7) is 8.01. The molecule has 0 aliphatic carbocycles. The Hall–Kier alpha value is -2.50. The van der Waals surface area contributed by atoms with E-state index in [-0.39, 0.29) is 11.8 Å². The Morgan fingerprint density at radius 3 is 2.60 bits per heavy atom. The molecule has 3 rings (SSSR count). The van der Waals surface area contributed by atoms with Crippen LogP contribution in [0.2, 0.25) is 0 Å². The van der Waals surface area contributed by atoms with Crippen molar-refractivity contribution in [1.82, 2.24) is 15.0 Å². The highest BCUT2D eigenvalue weighted by Gasteiger charge is 2.19. The number of rotatable bonds is 4. The third-order valence-corrected chi connectivity index (χ3v) is 4.35. The van der Waals surface area contributed by atoms with Gasteiger partial charge < -0.3 is 10.2 Å². The number of pyridine rings is 1. The van der Waals surface area contributed by atoms with Gasteiger partial charge in [-0.25, -0.2) is 15.0 Å². The minimum Gasteiger partial charge on any atom is -0.341 e. The summed E-state index contributed by atoms with van der Waals surface area (Å²) >= 11 is 0. The number of amides is 1. The molecule has 1 N–H and O–H groups in total. The van der Waals surface area contributed by atoms with Crippen molar-refractivity contribution in [2.24, 2.45) is 0 Å². The van der Waals surface area contributed by atoms with Crippen LogP contribution in [0.25, 0.3) is 0 Å². The first-order chi connectivity index (χ1) is 12.0. The summed E-state index contributed by atoms with van der Waals surface area (Å²) in [5.74, 6) is 1.18. The van der Waals surface area contributed by atoms with Crippen molar-refractivity contribution in [3.8, 4) is 0 Å². The van der Waals surface area contributed by atoms with Crippen molar-refractivity contribution in [1.29, 1.82) is 0 Å². The van der Waals surface area contributed by atoms with E-state index in [1.165, 1.54) is 6.42 Å². The number of carbonyl (C=O) groups is 1. The van der Waals surface area contributed by atoms with Gasteiger partial charge in [0.25, 0.3) is 5.91 Å². The number of aromatic nitrogens is 3. The molecular formula is C19H25N5O. The number of piperidine rings is 1. The predicted molar refractivity (Wildman–Crippen MR) is 99.1 cm³/mol. The van der Waals surface area contributed by atoms with Crippen LogP contribution >= 0.6 is 0 Å². The van der Waals surface area contributed by atoms with Crippen molar-refractivity contribution in [3.05, 3.63) is 41.3 Å². The molecule has 0 aromatic carbocycles. The Kier molecular flexibility index (Phi) is 5.26. The highest BCUT2D eigenvalue weighted by Crippen LogP contribution is 2.21. The first-order valence-corrected chi connectivity index (χ1v) is 8.91. The highest BCUT2D eigenvalue weighted by atomic mass is 16.1. The maximum atomic E-state index is 12.7. The Morgan fingerprint density at radius 2 is 1.92 bits per heavy atom. The lowest BCUT2D eigenvalue weighted by Gasteiger charge is -2.27. The fourth-order valence-corrected chi connectivity index (χ4v) is 2.89. The van der Waals surface area contributed by atoms with Gasteiger partial charge in [0.1, 0.15) is 11.5 Å². The number of nitrogens with one attached hydrogen (secondary N) is 1. The summed E-state index contributed by atoms with van der Waals surface area (Å²) in [6.07, 6.45) is 5.21. The molecule has 6 heteroatoms. The molecule has 3 heterocycles. The van der Waals surface area contributed by atoms with Gasteiger partial charge in [-0.2, -0.15) is 0 Å². The van der Waals surface area contributed by atoms with E-state index in [9.17, 15) is 4.79 Å². The number of aryl methyl sites for hydroxylation is 1. The minimum absolute atomic E-state index is 0.232. The third-order valence-electron chi connectivity index (χ3n) is 4.35. The third kappa shape index (κ3) is 4.32. The van der Waals surface area contributed by atoms with E-state index in [1.54, 1.807) is 12.3 Å². The molecule has 1 aliphatic rings. The van der Waals surface area contributed by atoms with Crippen LogP contribution in [0.4, 0.5) is 11.8 Å². The molecule has 2 aromatic heterocycles. The van der Waals surface area contributed by atoms with E-state index in [1.807, 2.05) is 19.1 Å². The Balaban J connectivity index is 1.88. The van der Waals surface area contributed by atoms with E-state index in [2.05, 4.69) is 39.0 Å². The van der Waals surface area contributed by atoms with Gasteiger partial charge in [-0.15, -0.1) is 0 Å². The molecule has 1 saturated heterocycles. The second-order valence-corrected chi connectivity index (χ2v) is 6.85. The maximum Gasteiger partial charge on any atom is 0.275 e. The van der Waals surface area contributed by atoms with Gasteiger partial charge in [-0.1, -0.05) is 13.8 Å². The zero-order valence-electron chi connectivity index (χ0n) is 15.1. The van der Waals surface area contributed by atoms with Crippen molar-refractivity contribution in [2.45, 2.75) is 46.0 Å². The molecule has 25 heavy (non-hydrogen) atoms. The molecule has 0 radical (unpaired) electrons. The van der Waals surface area contributed by atoms with Crippen LogP contribution in [0.3, 0.4) is 0 Å². The predicted octanol–water partition coefficient (Wildman–Crippen LogP) is 3.55. The lowest BCUT2D eigenvalue weighted by Crippen LogP contribution is -2.32. The van der Waals surface area contributed by atoms with E-state index in [4.69, 9.17) is 0 Å². The zero-order valence-corrected chi connectivity index (χ0v) is 15.1. The van der Waals surface area contributed by atoms with Crippen molar-refractivity contribution in [3.63, 3.8) is 0 Å². The molecular weight excluding hydrogens is 314 g/mol. The number of hydrogen-bond donors (Lipinski definition) is 1. The first kappa shape index (κ1) is 17.3. The van der Waals surface area contributed by atoms with Crippen molar-refractivity contribution < 1.29 is 4.79 Å². The number of hydrogen-bond acceptors (Lipinski definition) is 5. The summed E-state index contributed by atoms with van der Waals surface area (Å²) in [5, 5.41) is 2.84. The summed E-state index contributed by atoms with van der Waals surface area (Å²) in [6, 6.07) is 5.52. The van der Waals surface area contributed by atoms with Crippen molar-refractivity contribution >= 4 is 17.7 Å². The SMILES string of the molecule is Cc1ccnc(NC(=O)c2cc(C(C)C)nc(N3CCCCC3)n2)c1. The maximum absolute atomic E-state index is 12.7. The summed E-state index contributed by atoms with van der Waals surface area (Å²) < 4.78 is 0. The van der Waals surface area contributed by atoms with Crippen LogP contribution in [-0.2, 0) is 0 Å². The monoisotopic (exact) mass is 339 g/mol. The van der Waals surface area contributed by atoms with Crippen LogP contribution < -0.4 is 10.2 Å². The molecule has 2 aromatic rings. The number of nitrogens with zero attached hydrogens (tertiary/aromatic N) is 4. The molecule has 6 nitrogen and oxygen atoms in total. The van der Waals surface area contributed by atoms with E-state index in [0.29, 0.717) is 17.5 Å². The minimum atomic E-state index is -0.249. The summed E-state index contributed by atoms with van der Waals surface area (Å²) in [5.41, 5.74) is 2.32. The number of carbonyl (C=O) groups excluding carboxylic acids is 1. The van der Waals surface area contributed by atoms with Gasteiger partial charge in [0, 0.05) is 25.0 Å². The quantitative estimate of drug-likeness (QED) is 0.922. The van der Waals surface area contributed by atoms with Crippen LogP contribution in [0.1, 0.15) is 60.8 Å². The normalized spacial score (nSPS) is 14.6. The summed E-state index contributed by atoms with van der Waals surface area (Å²) in [7, 11) is 0. The van der Waals surface area contributed by atoms with Crippen LogP contribution in [-0.4, -0.2) is 33.9 Å². The summed E-state index contributed by atoms with van der Waals surface area (Å²) in [4.78, 5) is 28.3. The second-order valence-electron chi connectivity index (χ2n) is 6.85. The highest BCUT2D eigenvalue weighted by molar-refractivity contribution is 6.02. The van der Waals surface area contributed by atoms with Crippen molar-refractivity contribution in [2.75, 3.05) is 23.3 Å². The number of anilines is 2. The van der Waals surface area contributed by atoms with Gasteiger partial charge in [-0.05, 0) is 55.9 Å². The van der Waals surface area contributed by atoms with E-state index in [0.717, 1.165) is 37.2 Å². The smallest absolute Gasteiger partial charge is 0.275 e. The lowest BCUT2D eigenvalue weighted by atomic mass is 10.1.